The third-order valence-electron chi connectivity index (χ3n) is 11.0. The maximum Gasteiger partial charge on any atom is 0.404 e. The zero-order valence-corrected chi connectivity index (χ0v) is 36.4. The first kappa shape index (κ1) is 51.0. The van der Waals surface area contributed by atoms with Crippen molar-refractivity contribution >= 4 is 12.2 Å². The number of hydrogen-bond acceptors (Lipinski definition) is 2. The summed E-state index contributed by atoms with van der Waals surface area (Å²) in [6, 6.07) is 17.1. The van der Waals surface area contributed by atoms with Crippen LogP contribution >= 0.6 is 0 Å². The molecule has 6 nitrogen and oxygen atoms in total. The smallest absolute Gasteiger partial charge is 0.404 e. The molecule has 0 aliphatic heterocycles. The number of rotatable bonds is 34. The van der Waals surface area contributed by atoms with E-state index in [1.807, 2.05) is 0 Å². The molecule has 3 rings (SSSR count). The van der Waals surface area contributed by atoms with Crippen molar-refractivity contribution < 1.29 is 19.8 Å². The van der Waals surface area contributed by atoms with Crippen molar-refractivity contribution in [2.75, 3.05) is 13.1 Å². The minimum absolute atomic E-state index is 0.605. The van der Waals surface area contributed by atoms with Gasteiger partial charge in [0.25, 0.3) is 0 Å². The fraction of sp³-hybridized carbons (Fsp3) is 0.720. The van der Waals surface area contributed by atoms with Crippen LogP contribution in [0, 0.1) is 0 Å². The van der Waals surface area contributed by atoms with Gasteiger partial charge in [-0.3, -0.25) is 0 Å². The number of benzene rings is 2. The second kappa shape index (κ2) is 38.8. The monoisotopic (exact) mass is 779 g/mol. The Hall–Kier alpha value is -3.02. The zero-order chi connectivity index (χ0) is 40.6. The minimum atomic E-state index is -0.902. The van der Waals surface area contributed by atoms with Crippen LogP contribution in [0.15, 0.2) is 48.5 Å². The van der Waals surface area contributed by atoms with Gasteiger partial charge in [-0.05, 0) is 35.1 Å². The summed E-state index contributed by atoms with van der Waals surface area (Å²) >= 11 is 0. The molecular formula is C50H86N2O4. The summed E-state index contributed by atoms with van der Waals surface area (Å²) < 4.78 is 0. The van der Waals surface area contributed by atoms with Gasteiger partial charge in [0, 0.05) is 13.1 Å². The summed E-state index contributed by atoms with van der Waals surface area (Å²) in [6.45, 7) is 5.76. The van der Waals surface area contributed by atoms with Crippen LogP contribution in [0.4, 0.5) is 9.59 Å². The standard InChI is InChI=1S/2C19H39NO2.C12H8/c2*1-2-3-4-5-6-7-8-9-10-11-12-13-14-15-16-17-18-20-19(21)22;1-2-6-10-9(5-1)11-7-3-4-8-12(10)11/h2*20H,2-18H2,1H3,(H,21,22);1-8H. The van der Waals surface area contributed by atoms with E-state index < -0.39 is 12.2 Å². The van der Waals surface area contributed by atoms with E-state index >= 15 is 0 Å². The molecule has 0 spiro atoms. The highest BCUT2D eigenvalue weighted by Crippen LogP contribution is 2.46. The molecule has 2 aromatic rings. The first-order valence-corrected chi connectivity index (χ1v) is 23.6. The van der Waals surface area contributed by atoms with Crippen LogP contribution in [-0.2, 0) is 0 Å². The summed E-state index contributed by atoms with van der Waals surface area (Å²) in [7, 11) is 0. The lowest BCUT2D eigenvalue weighted by Crippen LogP contribution is -2.21. The van der Waals surface area contributed by atoms with E-state index in [1.54, 1.807) is 0 Å². The van der Waals surface area contributed by atoms with Crippen LogP contribution in [0.25, 0.3) is 22.3 Å². The molecule has 0 aromatic heterocycles. The fourth-order valence-corrected chi connectivity index (χ4v) is 7.58. The van der Waals surface area contributed by atoms with Crippen LogP contribution in [-0.4, -0.2) is 35.5 Å². The average Bonchev–Trinajstić information content (AvgIpc) is 3.19. The molecule has 0 fully saturated rings. The van der Waals surface area contributed by atoms with Crippen LogP contribution < -0.4 is 10.6 Å². The Morgan fingerprint density at radius 1 is 0.339 bits per heavy atom. The SMILES string of the molecule is CCCCCCCCCCCCCCCCCCNC(=O)O.CCCCCCCCCCCCCCCCCCNC(=O)O.c1ccc2c(c1)-c1ccccc1-2. The topological polar surface area (TPSA) is 98.7 Å². The van der Waals surface area contributed by atoms with Crippen molar-refractivity contribution in [3.05, 3.63) is 48.5 Å². The van der Waals surface area contributed by atoms with Crippen molar-refractivity contribution in [3.63, 3.8) is 0 Å². The fourth-order valence-electron chi connectivity index (χ4n) is 7.58. The molecule has 1 aliphatic carbocycles. The number of carbonyl (C=O) groups is 2. The van der Waals surface area contributed by atoms with E-state index in [2.05, 4.69) is 73.0 Å². The van der Waals surface area contributed by atoms with Gasteiger partial charge in [-0.1, -0.05) is 255 Å². The van der Waals surface area contributed by atoms with Crippen molar-refractivity contribution in [1.82, 2.24) is 10.6 Å². The Balaban J connectivity index is 0.000000435. The summed E-state index contributed by atoms with van der Waals surface area (Å²) in [5, 5.41) is 21.7. The van der Waals surface area contributed by atoms with Crippen LogP contribution in [0.5, 0.6) is 0 Å². The first-order chi connectivity index (χ1) is 27.5. The van der Waals surface area contributed by atoms with Gasteiger partial charge in [-0.2, -0.15) is 0 Å². The molecule has 0 saturated heterocycles. The molecule has 320 valence electrons. The number of fused-ring (bicyclic) bond motifs is 4. The van der Waals surface area contributed by atoms with E-state index in [1.165, 1.54) is 202 Å². The van der Waals surface area contributed by atoms with Gasteiger partial charge in [0.05, 0.1) is 0 Å². The average molecular weight is 779 g/mol. The molecule has 6 heteroatoms. The lowest BCUT2D eigenvalue weighted by Gasteiger charge is -2.22. The Kier molecular flexibility index (Phi) is 35.4. The summed E-state index contributed by atoms with van der Waals surface area (Å²) in [5.74, 6) is 0. The number of unbranched alkanes of at least 4 members (excludes halogenated alkanes) is 30. The van der Waals surface area contributed by atoms with Crippen molar-refractivity contribution in [1.29, 1.82) is 0 Å². The Labute approximate surface area is 344 Å². The molecule has 0 radical (unpaired) electrons. The van der Waals surface area contributed by atoms with Crippen LogP contribution in [0.3, 0.4) is 0 Å². The van der Waals surface area contributed by atoms with E-state index in [0.717, 1.165) is 25.7 Å². The predicted molar refractivity (Wildman–Crippen MR) is 242 cm³/mol. The Bertz CT molecular complexity index is 1040. The Morgan fingerprint density at radius 3 is 0.696 bits per heavy atom. The predicted octanol–water partition coefficient (Wildman–Crippen LogP) is 16.4. The van der Waals surface area contributed by atoms with Gasteiger partial charge in [-0.15, -0.1) is 0 Å². The zero-order valence-electron chi connectivity index (χ0n) is 36.4. The van der Waals surface area contributed by atoms with Gasteiger partial charge in [-0.25, -0.2) is 9.59 Å². The van der Waals surface area contributed by atoms with Gasteiger partial charge >= 0.3 is 12.2 Å². The molecule has 0 unspecified atom stereocenters. The highest BCUT2D eigenvalue weighted by atomic mass is 16.4. The summed E-state index contributed by atoms with van der Waals surface area (Å²) in [4.78, 5) is 20.5. The molecule has 56 heavy (non-hydrogen) atoms. The van der Waals surface area contributed by atoms with Crippen molar-refractivity contribution in [3.8, 4) is 22.3 Å². The molecule has 0 atom stereocenters. The third-order valence-corrected chi connectivity index (χ3v) is 11.0. The largest absolute Gasteiger partial charge is 0.465 e. The summed E-state index contributed by atoms with van der Waals surface area (Å²) in [5.41, 5.74) is 5.59. The summed E-state index contributed by atoms with van der Waals surface area (Å²) in [6.07, 6.45) is 41.4. The van der Waals surface area contributed by atoms with Gasteiger partial charge < -0.3 is 20.8 Å². The molecule has 0 saturated carbocycles. The van der Waals surface area contributed by atoms with Crippen molar-refractivity contribution in [2.24, 2.45) is 0 Å². The van der Waals surface area contributed by atoms with E-state index in [4.69, 9.17) is 10.2 Å². The second-order valence-corrected chi connectivity index (χ2v) is 16.2. The quantitative estimate of drug-likeness (QED) is 0.0454. The van der Waals surface area contributed by atoms with E-state index in [-0.39, 0.29) is 0 Å². The van der Waals surface area contributed by atoms with Gasteiger partial charge in [0.1, 0.15) is 0 Å². The number of nitrogens with one attached hydrogen (secondary N) is 2. The van der Waals surface area contributed by atoms with Crippen molar-refractivity contribution in [2.45, 2.75) is 219 Å². The normalized spacial score (nSPS) is 10.9. The lowest BCUT2D eigenvalue weighted by atomic mass is 9.81. The first-order valence-electron chi connectivity index (χ1n) is 23.6. The minimum Gasteiger partial charge on any atom is -0.465 e. The van der Waals surface area contributed by atoms with Gasteiger partial charge in [0.2, 0.25) is 0 Å². The van der Waals surface area contributed by atoms with Crippen LogP contribution in [0.1, 0.15) is 219 Å². The number of hydrogen-bond donors (Lipinski definition) is 4. The lowest BCUT2D eigenvalue weighted by molar-refractivity contribution is 0.193. The number of carboxylic acid groups (broad SMARTS) is 2. The number of amides is 2. The van der Waals surface area contributed by atoms with Crippen LogP contribution in [0.2, 0.25) is 0 Å². The van der Waals surface area contributed by atoms with E-state index in [9.17, 15) is 9.59 Å². The molecule has 0 bridgehead atoms. The molecule has 0 heterocycles. The molecule has 2 amide bonds. The molecule has 4 N–H and O–H groups in total. The third kappa shape index (κ3) is 30.2. The maximum atomic E-state index is 10.2. The highest BCUT2D eigenvalue weighted by molar-refractivity contribution is 6.02. The van der Waals surface area contributed by atoms with E-state index in [0.29, 0.717) is 13.1 Å². The molecular weight excluding hydrogens is 693 g/mol. The Morgan fingerprint density at radius 2 is 0.518 bits per heavy atom. The van der Waals surface area contributed by atoms with Gasteiger partial charge in [0.15, 0.2) is 0 Å². The molecule has 1 aliphatic rings. The highest BCUT2D eigenvalue weighted by Gasteiger charge is 2.19. The second-order valence-electron chi connectivity index (χ2n) is 16.2. The maximum absolute atomic E-state index is 10.2. The molecule has 2 aromatic carbocycles.